The van der Waals surface area contributed by atoms with E-state index in [2.05, 4.69) is 26.1 Å². The summed E-state index contributed by atoms with van der Waals surface area (Å²) in [6.45, 7) is 6.47. The number of hydrogen-bond acceptors (Lipinski definition) is 2. The molecule has 4 heteroatoms. The van der Waals surface area contributed by atoms with Gasteiger partial charge in [0.05, 0.1) is 17.2 Å². The Hall–Kier alpha value is -0.640. The Labute approximate surface area is 125 Å². The maximum Gasteiger partial charge on any atom is 0.142 e. The maximum absolute atomic E-state index is 13.5. The summed E-state index contributed by atoms with van der Waals surface area (Å²) in [4.78, 5) is 0. The fourth-order valence-electron chi connectivity index (χ4n) is 3.34. The Morgan fingerprint density at radius 3 is 2.50 bits per heavy atom. The van der Waals surface area contributed by atoms with Crippen LogP contribution in [-0.4, -0.2) is 25.3 Å². The lowest BCUT2D eigenvalue weighted by Gasteiger charge is -2.29. The molecule has 1 N–H and O–H groups in total. The fraction of sp³-hybridized carbons (Fsp3) is 0.625. The minimum Gasteiger partial charge on any atom is -0.375 e. The van der Waals surface area contributed by atoms with Crippen molar-refractivity contribution in [3.05, 3.63) is 34.6 Å². The first-order valence-corrected chi connectivity index (χ1v) is 7.58. The predicted molar refractivity (Wildman–Crippen MR) is 80.6 cm³/mol. The van der Waals surface area contributed by atoms with Crippen LogP contribution in [0.3, 0.4) is 0 Å². The van der Waals surface area contributed by atoms with Gasteiger partial charge in [0.15, 0.2) is 0 Å². The molecule has 0 spiro atoms. The Kier molecular flexibility index (Phi) is 5.05. The number of ether oxygens (including phenoxy) is 1. The van der Waals surface area contributed by atoms with Gasteiger partial charge in [-0.2, -0.15) is 0 Å². The van der Waals surface area contributed by atoms with Gasteiger partial charge in [-0.15, -0.1) is 0 Å². The summed E-state index contributed by atoms with van der Waals surface area (Å²) in [7, 11) is 1.96. The predicted octanol–water partition coefficient (Wildman–Crippen LogP) is 3.67. The van der Waals surface area contributed by atoms with Gasteiger partial charge < -0.3 is 10.1 Å². The van der Waals surface area contributed by atoms with E-state index < -0.39 is 0 Å². The van der Waals surface area contributed by atoms with Gasteiger partial charge in [-0.3, -0.25) is 0 Å². The monoisotopic (exact) mass is 299 g/mol. The summed E-state index contributed by atoms with van der Waals surface area (Å²) >= 11 is 5.73. The normalized spacial score (nSPS) is 31.5. The third-order valence-electron chi connectivity index (χ3n) is 4.59. The van der Waals surface area contributed by atoms with E-state index in [0.29, 0.717) is 11.8 Å². The zero-order valence-corrected chi connectivity index (χ0v) is 13.2. The van der Waals surface area contributed by atoms with Crippen LogP contribution < -0.4 is 5.32 Å². The van der Waals surface area contributed by atoms with Crippen LogP contribution in [0.1, 0.15) is 26.3 Å². The molecule has 0 amide bonds. The van der Waals surface area contributed by atoms with Crippen LogP contribution in [0.15, 0.2) is 18.2 Å². The zero-order valence-electron chi connectivity index (χ0n) is 12.5. The van der Waals surface area contributed by atoms with Crippen LogP contribution in [0.25, 0.3) is 0 Å². The molecule has 0 aliphatic carbocycles. The third kappa shape index (κ3) is 3.16. The van der Waals surface area contributed by atoms with Crippen molar-refractivity contribution < 1.29 is 9.13 Å². The number of likely N-dealkylation sites (N-methyl/N-ethyl adjacent to an activating group) is 1. The summed E-state index contributed by atoms with van der Waals surface area (Å²) in [6, 6.07) is 5.32. The Morgan fingerprint density at radius 2 is 2.00 bits per heavy atom. The summed E-state index contributed by atoms with van der Waals surface area (Å²) in [5.41, 5.74) is 0.963. The lowest BCUT2D eigenvalue weighted by atomic mass is 9.81. The van der Waals surface area contributed by atoms with E-state index >= 15 is 0 Å². The van der Waals surface area contributed by atoms with Gasteiger partial charge in [0.25, 0.3) is 0 Å². The largest absolute Gasteiger partial charge is 0.375 e. The minimum atomic E-state index is -0.351. The van der Waals surface area contributed by atoms with Crippen LogP contribution in [0, 0.1) is 17.7 Å². The van der Waals surface area contributed by atoms with Crippen LogP contribution in [0.4, 0.5) is 4.39 Å². The van der Waals surface area contributed by atoms with Gasteiger partial charge in [0, 0.05) is 12.0 Å². The average Bonchev–Trinajstić information content (AvgIpc) is 2.65. The average molecular weight is 300 g/mol. The van der Waals surface area contributed by atoms with E-state index in [9.17, 15) is 4.39 Å². The maximum atomic E-state index is 13.5. The number of benzene rings is 1. The van der Waals surface area contributed by atoms with Crippen molar-refractivity contribution in [2.75, 3.05) is 7.05 Å². The highest BCUT2D eigenvalue weighted by Crippen LogP contribution is 2.35. The van der Waals surface area contributed by atoms with E-state index in [-0.39, 0.29) is 29.1 Å². The second kappa shape index (κ2) is 6.42. The molecule has 5 unspecified atom stereocenters. The molecule has 0 saturated carbocycles. The van der Waals surface area contributed by atoms with Gasteiger partial charge in [0.1, 0.15) is 5.82 Å². The SMILES string of the molecule is CNC(Cc1ccc(Cl)c(F)c1)C1C(C)OC(C)C1C. The molecule has 1 aromatic rings. The molecule has 20 heavy (non-hydrogen) atoms. The first kappa shape index (κ1) is 15.7. The molecular formula is C16H23ClFNO. The minimum absolute atomic E-state index is 0.175. The van der Waals surface area contributed by atoms with E-state index in [4.69, 9.17) is 16.3 Å². The van der Waals surface area contributed by atoms with Crippen molar-refractivity contribution in [2.45, 2.75) is 45.4 Å². The number of rotatable bonds is 4. The zero-order chi connectivity index (χ0) is 14.9. The van der Waals surface area contributed by atoms with Crippen LogP contribution in [0.2, 0.25) is 5.02 Å². The third-order valence-corrected chi connectivity index (χ3v) is 4.90. The van der Waals surface area contributed by atoms with Crippen molar-refractivity contribution in [3.63, 3.8) is 0 Å². The first-order valence-electron chi connectivity index (χ1n) is 7.20. The molecule has 1 heterocycles. The highest BCUT2D eigenvalue weighted by atomic mass is 35.5. The molecule has 2 nitrogen and oxygen atoms in total. The molecule has 1 aliphatic rings. The summed E-state index contributed by atoms with van der Waals surface area (Å²) in [5, 5.41) is 3.55. The number of halogens is 2. The van der Waals surface area contributed by atoms with Crippen LogP contribution >= 0.6 is 11.6 Å². The molecule has 1 saturated heterocycles. The van der Waals surface area contributed by atoms with E-state index in [1.165, 1.54) is 6.07 Å². The Balaban J connectivity index is 2.14. The molecule has 0 bridgehead atoms. The summed E-state index contributed by atoms with van der Waals surface area (Å²) in [5.74, 6) is 0.560. The molecule has 0 aromatic heterocycles. The molecule has 5 atom stereocenters. The lowest BCUT2D eigenvalue weighted by Crippen LogP contribution is -2.41. The van der Waals surface area contributed by atoms with E-state index in [1.807, 2.05) is 13.1 Å². The van der Waals surface area contributed by atoms with Crippen molar-refractivity contribution in [3.8, 4) is 0 Å². The quantitative estimate of drug-likeness (QED) is 0.916. The first-order chi connectivity index (χ1) is 9.43. The van der Waals surface area contributed by atoms with Gasteiger partial charge in [-0.1, -0.05) is 24.6 Å². The number of hydrogen-bond donors (Lipinski definition) is 1. The number of nitrogens with one attached hydrogen (secondary N) is 1. The second-order valence-corrected chi connectivity index (χ2v) is 6.24. The Bertz CT molecular complexity index is 468. The molecular weight excluding hydrogens is 277 g/mol. The molecule has 1 aliphatic heterocycles. The molecule has 1 aromatic carbocycles. The van der Waals surface area contributed by atoms with Gasteiger partial charge in [-0.05, 0) is 50.9 Å². The van der Waals surface area contributed by atoms with Crippen molar-refractivity contribution in [2.24, 2.45) is 11.8 Å². The topological polar surface area (TPSA) is 21.3 Å². The fourth-order valence-corrected chi connectivity index (χ4v) is 3.46. The van der Waals surface area contributed by atoms with Crippen LogP contribution in [0.5, 0.6) is 0 Å². The van der Waals surface area contributed by atoms with Gasteiger partial charge in [0.2, 0.25) is 0 Å². The standard InChI is InChI=1S/C16H23ClFNO/c1-9-10(2)20-11(3)16(9)15(19-4)8-12-5-6-13(17)14(18)7-12/h5-7,9-11,15-16,19H,8H2,1-4H3. The molecule has 2 rings (SSSR count). The van der Waals surface area contributed by atoms with Crippen molar-refractivity contribution in [1.29, 1.82) is 0 Å². The van der Waals surface area contributed by atoms with Gasteiger partial charge in [-0.25, -0.2) is 4.39 Å². The van der Waals surface area contributed by atoms with E-state index in [0.717, 1.165) is 12.0 Å². The van der Waals surface area contributed by atoms with Crippen molar-refractivity contribution >= 4 is 11.6 Å². The highest BCUT2D eigenvalue weighted by Gasteiger charge is 2.41. The highest BCUT2D eigenvalue weighted by molar-refractivity contribution is 6.30. The van der Waals surface area contributed by atoms with Crippen LogP contribution in [-0.2, 0) is 11.2 Å². The van der Waals surface area contributed by atoms with Gasteiger partial charge >= 0.3 is 0 Å². The van der Waals surface area contributed by atoms with Crippen molar-refractivity contribution in [1.82, 2.24) is 5.32 Å². The van der Waals surface area contributed by atoms with E-state index in [1.54, 1.807) is 6.07 Å². The summed E-state index contributed by atoms with van der Waals surface area (Å²) < 4.78 is 19.5. The smallest absolute Gasteiger partial charge is 0.142 e. The summed E-state index contributed by atoms with van der Waals surface area (Å²) in [6.07, 6.45) is 1.27. The molecule has 112 valence electrons. The Morgan fingerprint density at radius 1 is 1.30 bits per heavy atom. The molecule has 1 fully saturated rings. The molecule has 0 radical (unpaired) electrons. The lowest BCUT2D eigenvalue weighted by molar-refractivity contribution is 0.0479. The second-order valence-electron chi connectivity index (χ2n) is 5.83.